The normalized spacial score (nSPS) is 19.3. The van der Waals surface area contributed by atoms with Gasteiger partial charge in [-0.05, 0) is 48.8 Å². The molecule has 0 spiro atoms. The summed E-state index contributed by atoms with van der Waals surface area (Å²) in [5, 5.41) is 3.00. The van der Waals surface area contributed by atoms with Crippen LogP contribution in [-0.4, -0.2) is 38.3 Å². The Morgan fingerprint density at radius 1 is 1.35 bits per heavy atom. The van der Waals surface area contributed by atoms with Crippen LogP contribution in [0.25, 0.3) is 0 Å². The van der Waals surface area contributed by atoms with Crippen LogP contribution in [0.4, 0.5) is 0 Å². The second-order valence-corrected chi connectivity index (χ2v) is 10.6. The average Bonchev–Trinajstić information content (AvgIpc) is 2.53. The Balaban J connectivity index is 2.19. The quantitative estimate of drug-likeness (QED) is 0.814. The number of hydrogen-bond acceptors (Lipinski definition) is 3. The number of nitrogens with zero attached hydrogens (tertiary/aromatic N) is 1. The Kier molecular flexibility index (Phi) is 6.75. The van der Waals surface area contributed by atoms with Crippen LogP contribution in [0.3, 0.4) is 0 Å². The first-order valence-electron chi connectivity index (χ1n) is 9.08. The van der Waals surface area contributed by atoms with E-state index in [1.165, 1.54) is 16.4 Å². The van der Waals surface area contributed by atoms with Crippen LogP contribution in [0.2, 0.25) is 5.02 Å². The van der Waals surface area contributed by atoms with Gasteiger partial charge in [0.2, 0.25) is 10.0 Å². The third-order valence-corrected chi connectivity index (χ3v) is 6.94. The topological polar surface area (TPSA) is 66.5 Å². The van der Waals surface area contributed by atoms with Crippen LogP contribution in [0.1, 0.15) is 57.3 Å². The van der Waals surface area contributed by atoms with Crippen molar-refractivity contribution in [3.63, 3.8) is 0 Å². The molecule has 146 valence electrons. The molecule has 1 aliphatic heterocycles. The Hall–Kier alpha value is -1.11. The predicted octanol–water partition coefficient (Wildman–Crippen LogP) is 3.93. The average molecular weight is 401 g/mol. The summed E-state index contributed by atoms with van der Waals surface area (Å²) in [6, 6.07) is 4.44. The summed E-state index contributed by atoms with van der Waals surface area (Å²) in [6.45, 7) is 9.87. The maximum Gasteiger partial charge on any atom is 0.251 e. The highest BCUT2D eigenvalue weighted by molar-refractivity contribution is 7.89. The summed E-state index contributed by atoms with van der Waals surface area (Å²) in [6.07, 6.45) is 2.70. The molecule has 0 aromatic heterocycles. The van der Waals surface area contributed by atoms with Crippen LogP contribution in [0.5, 0.6) is 0 Å². The van der Waals surface area contributed by atoms with E-state index < -0.39 is 10.0 Å². The van der Waals surface area contributed by atoms with E-state index in [1.54, 1.807) is 6.07 Å². The molecule has 1 amide bonds. The van der Waals surface area contributed by atoms with E-state index in [-0.39, 0.29) is 21.2 Å². The van der Waals surface area contributed by atoms with Gasteiger partial charge in [0.1, 0.15) is 4.90 Å². The molecule has 5 nitrogen and oxygen atoms in total. The zero-order valence-electron chi connectivity index (χ0n) is 16.0. The fraction of sp³-hybridized carbons (Fsp3) is 0.632. The summed E-state index contributed by atoms with van der Waals surface area (Å²) in [7, 11) is -3.70. The Morgan fingerprint density at radius 2 is 2.04 bits per heavy atom. The molecule has 0 bridgehead atoms. The summed E-state index contributed by atoms with van der Waals surface area (Å²) >= 11 is 6.17. The van der Waals surface area contributed by atoms with Crippen LogP contribution >= 0.6 is 11.6 Å². The molecule has 0 radical (unpaired) electrons. The van der Waals surface area contributed by atoms with E-state index in [0.29, 0.717) is 31.1 Å². The highest BCUT2D eigenvalue weighted by Gasteiger charge is 2.30. The molecule has 7 heteroatoms. The molecule has 1 aliphatic rings. The van der Waals surface area contributed by atoms with Gasteiger partial charge in [-0.1, -0.05) is 39.3 Å². The Labute approximate surface area is 162 Å². The highest BCUT2D eigenvalue weighted by atomic mass is 35.5. The van der Waals surface area contributed by atoms with Gasteiger partial charge in [0, 0.05) is 25.2 Å². The van der Waals surface area contributed by atoms with Crippen molar-refractivity contribution in [3.05, 3.63) is 28.8 Å². The largest absolute Gasteiger partial charge is 0.352 e. The molecule has 1 fully saturated rings. The Bertz CT molecular complexity index is 757. The minimum Gasteiger partial charge on any atom is -0.352 e. The number of carbonyl (C=O) groups is 1. The molecule has 1 aromatic carbocycles. The SMILES string of the molecule is CC1CCCN(S(=O)(=O)c2cc(C(=O)NCCC(C)(C)C)ccc2Cl)C1. The van der Waals surface area contributed by atoms with Crippen molar-refractivity contribution in [3.8, 4) is 0 Å². The van der Waals surface area contributed by atoms with E-state index in [0.717, 1.165) is 19.3 Å². The van der Waals surface area contributed by atoms with Crippen molar-refractivity contribution >= 4 is 27.5 Å². The zero-order valence-corrected chi connectivity index (χ0v) is 17.6. The van der Waals surface area contributed by atoms with Gasteiger partial charge in [0.15, 0.2) is 0 Å². The molecule has 2 rings (SSSR count). The van der Waals surface area contributed by atoms with E-state index in [2.05, 4.69) is 26.1 Å². The van der Waals surface area contributed by atoms with Crippen LogP contribution in [0, 0.1) is 11.3 Å². The highest BCUT2D eigenvalue weighted by Crippen LogP contribution is 2.29. The molecule has 1 saturated heterocycles. The number of hydrogen-bond donors (Lipinski definition) is 1. The third-order valence-electron chi connectivity index (χ3n) is 4.59. The third kappa shape index (κ3) is 5.44. The minimum atomic E-state index is -3.70. The number of sulfonamides is 1. The first kappa shape index (κ1) is 21.2. The number of carbonyl (C=O) groups excluding carboxylic acids is 1. The maximum absolute atomic E-state index is 13.0. The van der Waals surface area contributed by atoms with Crippen molar-refractivity contribution in [1.82, 2.24) is 9.62 Å². The molecule has 1 N–H and O–H groups in total. The second kappa shape index (κ2) is 8.28. The molecule has 26 heavy (non-hydrogen) atoms. The molecule has 0 saturated carbocycles. The second-order valence-electron chi connectivity index (χ2n) is 8.32. The number of piperidine rings is 1. The molecule has 1 heterocycles. The van der Waals surface area contributed by atoms with Gasteiger partial charge in [-0.15, -0.1) is 0 Å². The summed E-state index contributed by atoms with van der Waals surface area (Å²) in [5.41, 5.74) is 0.430. The fourth-order valence-electron chi connectivity index (χ4n) is 3.00. The van der Waals surface area contributed by atoms with Crippen molar-refractivity contribution < 1.29 is 13.2 Å². The van der Waals surface area contributed by atoms with Gasteiger partial charge in [-0.25, -0.2) is 8.42 Å². The van der Waals surface area contributed by atoms with E-state index >= 15 is 0 Å². The molecule has 1 atom stereocenters. The molecular weight excluding hydrogens is 372 g/mol. The summed E-state index contributed by atoms with van der Waals surface area (Å²) < 4.78 is 27.4. The first-order chi connectivity index (χ1) is 12.0. The van der Waals surface area contributed by atoms with Gasteiger partial charge in [0.05, 0.1) is 5.02 Å². The van der Waals surface area contributed by atoms with Gasteiger partial charge in [-0.2, -0.15) is 4.31 Å². The van der Waals surface area contributed by atoms with Crippen molar-refractivity contribution in [2.75, 3.05) is 19.6 Å². The number of amides is 1. The van der Waals surface area contributed by atoms with Gasteiger partial charge < -0.3 is 5.32 Å². The fourth-order valence-corrected chi connectivity index (χ4v) is 5.10. The van der Waals surface area contributed by atoms with Crippen molar-refractivity contribution in [2.45, 2.75) is 51.9 Å². The minimum absolute atomic E-state index is 0.0109. The smallest absolute Gasteiger partial charge is 0.251 e. The lowest BCUT2D eigenvalue weighted by molar-refractivity contribution is 0.0949. The van der Waals surface area contributed by atoms with Gasteiger partial charge in [0.25, 0.3) is 5.91 Å². The van der Waals surface area contributed by atoms with Crippen molar-refractivity contribution in [1.29, 1.82) is 0 Å². The number of rotatable bonds is 5. The summed E-state index contributed by atoms with van der Waals surface area (Å²) in [4.78, 5) is 12.4. The van der Waals surface area contributed by atoms with E-state index in [1.807, 2.05) is 6.92 Å². The number of halogens is 1. The van der Waals surface area contributed by atoms with E-state index in [4.69, 9.17) is 11.6 Å². The number of nitrogens with one attached hydrogen (secondary N) is 1. The molecular formula is C19H29ClN2O3S. The lowest BCUT2D eigenvalue weighted by atomic mass is 9.92. The van der Waals surface area contributed by atoms with Crippen LogP contribution in [-0.2, 0) is 10.0 Å². The number of benzene rings is 1. The van der Waals surface area contributed by atoms with Gasteiger partial charge >= 0.3 is 0 Å². The maximum atomic E-state index is 13.0. The monoisotopic (exact) mass is 400 g/mol. The van der Waals surface area contributed by atoms with E-state index in [9.17, 15) is 13.2 Å². The lowest BCUT2D eigenvalue weighted by Gasteiger charge is -2.30. The van der Waals surface area contributed by atoms with Gasteiger partial charge in [-0.3, -0.25) is 4.79 Å². The molecule has 0 aliphatic carbocycles. The first-order valence-corrected chi connectivity index (χ1v) is 10.9. The molecule has 1 aromatic rings. The van der Waals surface area contributed by atoms with Crippen LogP contribution in [0.15, 0.2) is 23.1 Å². The predicted molar refractivity (Wildman–Crippen MR) is 105 cm³/mol. The summed E-state index contributed by atoms with van der Waals surface area (Å²) in [5.74, 6) is 0.0376. The molecule has 1 unspecified atom stereocenters. The lowest BCUT2D eigenvalue weighted by Crippen LogP contribution is -2.39. The van der Waals surface area contributed by atoms with Crippen molar-refractivity contribution in [2.24, 2.45) is 11.3 Å². The zero-order chi connectivity index (χ0) is 19.5. The standard InChI is InChI=1S/C19H29ClN2O3S/c1-14-6-5-11-22(13-14)26(24,25)17-12-15(7-8-16(17)20)18(23)21-10-9-19(2,3)4/h7-8,12,14H,5-6,9-11,13H2,1-4H3,(H,21,23). The van der Waals surface area contributed by atoms with Crippen LogP contribution < -0.4 is 5.32 Å². The Morgan fingerprint density at radius 3 is 2.65 bits per heavy atom.